The number of likely N-dealkylation sites (tertiary alicyclic amines) is 1. The van der Waals surface area contributed by atoms with E-state index in [1.165, 1.54) is 4.90 Å². The maximum atomic E-state index is 12.2. The summed E-state index contributed by atoms with van der Waals surface area (Å²) in [7, 11) is 0. The second kappa shape index (κ2) is 8.89. The van der Waals surface area contributed by atoms with Crippen LogP contribution in [0.15, 0.2) is 24.3 Å². The van der Waals surface area contributed by atoms with Gasteiger partial charge in [0.1, 0.15) is 0 Å². The van der Waals surface area contributed by atoms with Gasteiger partial charge in [0.2, 0.25) is 0 Å². The molecule has 1 aromatic rings. The Morgan fingerprint density at radius 2 is 2.21 bits per heavy atom. The molecule has 1 heterocycles. The lowest BCUT2D eigenvalue weighted by Gasteiger charge is -2.34. The van der Waals surface area contributed by atoms with Gasteiger partial charge in [-0.1, -0.05) is 23.7 Å². The molecule has 1 aromatic carbocycles. The lowest BCUT2D eigenvalue weighted by molar-refractivity contribution is -0.158. The van der Waals surface area contributed by atoms with E-state index in [9.17, 15) is 14.7 Å². The van der Waals surface area contributed by atoms with Gasteiger partial charge in [0.25, 0.3) is 0 Å². The number of halogens is 1. The number of hydrogen-bond acceptors (Lipinski definition) is 4. The molecule has 1 N–H and O–H groups in total. The molecule has 1 aliphatic heterocycles. The van der Waals surface area contributed by atoms with E-state index < -0.39 is 18.2 Å². The fourth-order valence-corrected chi connectivity index (χ4v) is 3.02. The Hall–Kier alpha value is -1.79. The first-order valence-corrected chi connectivity index (χ1v) is 8.44. The van der Waals surface area contributed by atoms with E-state index in [0.29, 0.717) is 17.1 Å². The summed E-state index contributed by atoms with van der Waals surface area (Å²) in [6, 6.07) is 6.58. The van der Waals surface area contributed by atoms with Gasteiger partial charge in [-0.3, -0.25) is 0 Å². The average molecular weight is 356 g/mol. The second-order valence-electron chi connectivity index (χ2n) is 5.65. The second-order valence-corrected chi connectivity index (χ2v) is 6.08. The zero-order chi connectivity index (χ0) is 17.5. The standard InChI is InChI=1S/C17H22ClNO5/c1-2-23-16(20)15(12-6-5-7-13(18)10-12)24-11-14-8-3-4-9-19(14)17(21)22/h5-7,10,14-15H,2-4,8-9,11H2,1H3,(H,21,22). The Morgan fingerprint density at radius 1 is 1.42 bits per heavy atom. The number of hydrogen-bond donors (Lipinski definition) is 1. The molecule has 0 saturated carbocycles. The molecule has 0 bridgehead atoms. The smallest absolute Gasteiger partial charge is 0.407 e. The number of piperidine rings is 1. The summed E-state index contributed by atoms with van der Waals surface area (Å²) in [5.74, 6) is -0.502. The van der Waals surface area contributed by atoms with Gasteiger partial charge in [0, 0.05) is 11.6 Å². The first-order chi connectivity index (χ1) is 11.5. The number of benzene rings is 1. The van der Waals surface area contributed by atoms with Crippen molar-refractivity contribution in [2.75, 3.05) is 19.8 Å². The topological polar surface area (TPSA) is 76.1 Å². The largest absolute Gasteiger partial charge is 0.465 e. The van der Waals surface area contributed by atoms with Crippen LogP contribution < -0.4 is 0 Å². The van der Waals surface area contributed by atoms with Crippen LogP contribution in [0.3, 0.4) is 0 Å². The normalized spacial score (nSPS) is 18.9. The Labute approximate surface area is 146 Å². The van der Waals surface area contributed by atoms with Crippen LogP contribution in [0.5, 0.6) is 0 Å². The number of esters is 1. The maximum absolute atomic E-state index is 12.2. The summed E-state index contributed by atoms with van der Waals surface area (Å²) in [6.07, 6.45) is 0.634. The van der Waals surface area contributed by atoms with E-state index in [2.05, 4.69) is 0 Å². The number of nitrogens with zero attached hydrogens (tertiary/aromatic N) is 1. The fourth-order valence-electron chi connectivity index (χ4n) is 2.82. The number of carboxylic acid groups (broad SMARTS) is 1. The molecule has 7 heteroatoms. The van der Waals surface area contributed by atoms with E-state index in [1.807, 2.05) is 0 Å². The van der Waals surface area contributed by atoms with E-state index in [0.717, 1.165) is 19.3 Å². The highest BCUT2D eigenvalue weighted by atomic mass is 35.5. The minimum Gasteiger partial charge on any atom is -0.465 e. The van der Waals surface area contributed by atoms with Crippen LogP contribution in [0, 0.1) is 0 Å². The van der Waals surface area contributed by atoms with Crippen LogP contribution in [0.2, 0.25) is 5.02 Å². The van der Waals surface area contributed by atoms with Gasteiger partial charge in [-0.2, -0.15) is 0 Å². The van der Waals surface area contributed by atoms with E-state index in [4.69, 9.17) is 21.1 Å². The number of amides is 1. The third-order valence-electron chi connectivity index (χ3n) is 3.98. The number of carbonyl (C=O) groups excluding carboxylic acids is 1. The Bertz CT molecular complexity index is 580. The summed E-state index contributed by atoms with van der Waals surface area (Å²) in [4.78, 5) is 24.9. The highest BCUT2D eigenvalue weighted by molar-refractivity contribution is 6.30. The average Bonchev–Trinajstić information content (AvgIpc) is 2.55. The van der Waals surface area contributed by atoms with Crippen molar-refractivity contribution >= 4 is 23.7 Å². The van der Waals surface area contributed by atoms with E-state index >= 15 is 0 Å². The van der Waals surface area contributed by atoms with E-state index in [1.54, 1.807) is 31.2 Å². The molecular formula is C17H22ClNO5. The molecule has 2 unspecified atom stereocenters. The number of ether oxygens (including phenoxy) is 2. The fraction of sp³-hybridized carbons (Fsp3) is 0.529. The molecule has 2 rings (SSSR count). The Morgan fingerprint density at radius 3 is 2.88 bits per heavy atom. The van der Waals surface area contributed by atoms with Crippen molar-refractivity contribution in [3.05, 3.63) is 34.9 Å². The predicted molar refractivity (Wildman–Crippen MR) is 89.1 cm³/mol. The van der Waals surface area contributed by atoms with Crippen LogP contribution in [0.1, 0.15) is 37.9 Å². The minimum absolute atomic E-state index is 0.141. The number of rotatable bonds is 6. The first kappa shape index (κ1) is 18.5. The zero-order valence-electron chi connectivity index (χ0n) is 13.6. The molecule has 132 valence electrons. The van der Waals surface area contributed by atoms with Gasteiger partial charge in [-0.05, 0) is 43.9 Å². The molecule has 0 aromatic heterocycles. The SMILES string of the molecule is CCOC(=O)C(OCC1CCCCN1C(=O)O)c1cccc(Cl)c1. The third kappa shape index (κ3) is 4.85. The molecule has 2 atom stereocenters. The molecule has 0 spiro atoms. The van der Waals surface area contributed by atoms with Crippen molar-refractivity contribution in [2.24, 2.45) is 0 Å². The van der Waals surface area contributed by atoms with Gasteiger partial charge < -0.3 is 19.5 Å². The molecule has 6 nitrogen and oxygen atoms in total. The van der Waals surface area contributed by atoms with Gasteiger partial charge >= 0.3 is 12.1 Å². The lowest BCUT2D eigenvalue weighted by atomic mass is 10.0. The molecule has 24 heavy (non-hydrogen) atoms. The number of carbonyl (C=O) groups is 2. The molecule has 1 saturated heterocycles. The molecule has 0 radical (unpaired) electrons. The van der Waals surface area contributed by atoms with Crippen molar-refractivity contribution < 1.29 is 24.2 Å². The summed E-state index contributed by atoms with van der Waals surface area (Å²) < 4.78 is 10.9. The minimum atomic E-state index is -0.959. The highest BCUT2D eigenvalue weighted by Gasteiger charge is 2.30. The summed E-state index contributed by atoms with van der Waals surface area (Å²) in [6.45, 7) is 2.59. The third-order valence-corrected chi connectivity index (χ3v) is 4.22. The van der Waals surface area contributed by atoms with Crippen LogP contribution in [0.25, 0.3) is 0 Å². The lowest BCUT2D eigenvalue weighted by Crippen LogP contribution is -2.45. The molecular weight excluding hydrogens is 334 g/mol. The van der Waals surface area contributed by atoms with Gasteiger partial charge in [0.05, 0.1) is 19.3 Å². The van der Waals surface area contributed by atoms with Gasteiger partial charge in [-0.25, -0.2) is 9.59 Å². The van der Waals surface area contributed by atoms with Crippen molar-refractivity contribution in [3.63, 3.8) is 0 Å². The van der Waals surface area contributed by atoms with Crippen LogP contribution in [0.4, 0.5) is 4.79 Å². The monoisotopic (exact) mass is 355 g/mol. The highest BCUT2D eigenvalue weighted by Crippen LogP contribution is 2.25. The quantitative estimate of drug-likeness (QED) is 0.790. The predicted octanol–water partition coefficient (Wildman–Crippen LogP) is 3.49. The van der Waals surface area contributed by atoms with Crippen LogP contribution in [-0.2, 0) is 14.3 Å². The Balaban J connectivity index is 2.10. The first-order valence-electron chi connectivity index (χ1n) is 8.06. The molecule has 0 aliphatic carbocycles. The van der Waals surface area contributed by atoms with E-state index in [-0.39, 0.29) is 19.3 Å². The summed E-state index contributed by atoms with van der Waals surface area (Å²) in [5, 5.41) is 9.78. The van der Waals surface area contributed by atoms with Crippen LogP contribution >= 0.6 is 11.6 Å². The van der Waals surface area contributed by atoms with Crippen molar-refractivity contribution in [2.45, 2.75) is 38.3 Å². The van der Waals surface area contributed by atoms with Crippen molar-refractivity contribution in [1.82, 2.24) is 4.90 Å². The molecule has 1 fully saturated rings. The van der Waals surface area contributed by atoms with Crippen LogP contribution in [-0.4, -0.2) is 47.9 Å². The molecule has 1 aliphatic rings. The van der Waals surface area contributed by atoms with Crippen molar-refractivity contribution in [1.29, 1.82) is 0 Å². The van der Waals surface area contributed by atoms with Gasteiger partial charge in [-0.15, -0.1) is 0 Å². The van der Waals surface area contributed by atoms with Gasteiger partial charge in [0.15, 0.2) is 6.10 Å². The zero-order valence-corrected chi connectivity index (χ0v) is 14.4. The van der Waals surface area contributed by atoms with Crippen molar-refractivity contribution in [3.8, 4) is 0 Å². The summed E-state index contributed by atoms with van der Waals surface area (Å²) >= 11 is 5.99. The Kier molecular flexibility index (Phi) is 6.87. The molecule has 1 amide bonds. The maximum Gasteiger partial charge on any atom is 0.407 e. The summed E-state index contributed by atoms with van der Waals surface area (Å²) in [5.41, 5.74) is 0.596.